The van der Waals surface area contributed by atoms with Crippen molar-refractivity contribution in [1.82, 2.24) is 9.99 Å². The van der Waals surface area contributed by atoms with E-state index in [0.29, 0.717) is 23.0 Å². The number of methoxy groups -OCH3 is 2. The van der Waals surface area contributed by atoms with E-state index in [-0.39, 0.29) is 12.4 Å². The summed E-state index contributed by atoms with van der Waals surface area (Å²) in [4.78, 5) is 12.4. The zero-order valence-corrected chi connectivity index (χ0v) is 22.5. The Morgan fingerprint density at radius 2 is 1.75 bits per heavy atom. The van der Waals surface area contributed by atoms with Gasteiger partial charge in [0, 0.05) is 17.1 Å². The number of nitrogens with zero attached hydrogens (tertiary/aromatic N) is 2. The fraction of sp³-hybridized carbons (Fsp3) is 0.185. The zero-order valence-electron chi connectivity index (χ0n) is 20.4. The van der Waals surface area contributed by atoms with E-state index in [1.54, 1.807) is 32.4 Å². The quantitative estimate of drug-likeness (QED) is 0.153. The van der Waals surface area contributed by atoms with Crippen LogP contribution in [0.2, 0.25) is 0 Å². The van der Waals surface area contributed by atoms with E-state index in [4.69, 9.17) is 18.6 Å². The minimum atomic E-state index is -0.463. The van der Waals surface area contributed by atoms with Crippen LogP contribution in [-0.2, 0) is 6.61 Å². The molecule has 0 bridgehead atoms. The summed E-state index contributed by atoms with van der Waals surface area (Å²) in [5.74, 6) is 2.14. The first-order valence-corrected chi connectivity index (χ1v) is 12.2. The van der Waals surface area contributed by atoms with Gasteiger partial charge in [0.25, 0.3) is 0 Å². The van der Waals surface area contributed by atoms with Crippen LogP contribution in [-0.4, -0.2) is 30.9 Å². The van der Waals surface area contributed by atoms with Crippen molar-refractivity contribution in [3.8, 4) is 22.9 Å². The Morgan fingerprint density at radius 1 is 1.03 bits per heavy atom. The molecule has 0 radical (unpaired) electrons. The Labute approximate surface area is 223 Å². The Hall–Kier alpha value is -3.73. The van der Waals surface area contributed by atoms with Crippen LogP contribution in [0.25, 0.3) is 5.69 Å². The number of carbonyl (C=O) groups is 1. The van der Waals surface area contributed by atoms with Crippen LogP contribution < -0.4 is 19.6 Å². The largest absolute Gasteiger partial charge is 0.493 e. The monoisotopic (exact) mass is 599 g/mol. The van der Waals surface area contributed by atoms with Gasteiger partial charge in [0.1, 0.15) is 18.1 Å². The third-order valence-corrected chi connectivity index (χ3v) is 6.27. The maximum atomic E-state index is 12.4. The molecule has 8 nitrogen and oxygen atoms in total. The second-order valence-corrected chi connectivity index (χ2v) is 9.10. The average molecular weight is 599 g/mol. The SMILES string of the molecule is COc1cc(/C=N/NC(=O)c2ccc(COc3ccc(-n4c(C)ccc4C)cc3)o2)cc(I)c1OC. The molecule has 0 aliphatic carbocycles. The number of nitrogens with one attached hydrogen (secondary N) is 1. The lowest BCUT2D eigenvalue weighted by Crippen LogP contribution is -2.16. The topological polar surface area (TPSA) is 87.2 Å². The molecule has 36 heavy (non-hydrogen) atoms. The number of benzene rings is 2. The molecule has 0 saturated carbocycles. The smallest absolute Gasteiger partial charge is 0.307 e. The van der Waals surface area contributed by atoms with Gasteiger partial charge < -0.3 is 23.2 Å². The molecule has 4 rings (SSSR count). The first-order chi connectivity index (χ1) is 17.4. The highest BCUT2D eigenvalue weighted by molar-refractivity contribution is 14.1. The van der Waals surface area contributed by atoms with Crippen molar-refractivity contribution in [3.05, 3.63) is 92.7 Å². The molecule has 1 amide bonds. The highest BCUT2D eigenvalue weighted by atomic mass is 127. The van der Waals surface area contributed by atoms with E-state index in [2.05, 4.69) is 63.7 Å². The minimum Gasteiger partial charge on any atom is -0.493 e. The number of aryl methyl sites for hydroxylation is 2. The molecule has 2 heterocycles. The predicted molar refractivity (Wildman–Crippen MR) is 146 cm³/mol. The van der Waals surface area contributed by atoms with Gasteiger partial charge in [-0.15, -0.1) is 0 Å². The van der Waals surface area contributed by atoms with Gasteiger partial charge in [-0.05, 0) is 103 Å². The number of ether oxygens (including phenoxy) is 3. The predicted octanol–water partition coefficient (Wildman–Crippen LogP) is 5.65. The molecule has 0 aliphatic rings. The lowest BCUT2D eigenvalue weighted by molar-refractivity contribution is 0.0923. The van der Waals surface area contributed by atoms with Crippen molar-refractivity contribution in [2.75, 3.05) is 14.2 Å². The molecular weight excluding hydrogens is 573 g/mol. The second kappa shape index (κ2) is 11.3. The van der Waals surface area contributed by atoms with Gasteiger partial charge in [-0.3, -0.25) is 4.79 Å². The van der Waals surface area contributed by atoms with Crippen molar-refractivity contribution in [2.24, 2.45) is 5.10 Å². The fourth-order valence-electron chi connectivity index (χ4n) is 3.73. The molecule has 0 fully saturated rings. The van der Waals surface area contributed by atoms with E-state index in [9.17, 15) is 4.79 Å². The number of carbonyl (C=O) groups excluding carboxylic acids is 1. The van der Waals surface area contributed by atoms with Crippen molar-refractivity contribution < 1.29 is 23.4 Å². The Bertz CT molecular complexity index is 1370. The Balaban J connectivity index is 1.32. The molecule has 9 heteroatoms. The Morgan fingerprint density at radius 3 is 2.42 bits per heavy atom. The number of hydrazone groups is 1. The molecule has 0 atom stereocenters. The molecule has 0 unspecified atom stereocenters. The number of hydrogen-bond acceptors (Lipinski definition) is 6. The molecule has 1 N–H and O–H groups in total. The minimum absolute atomic E-state index is 0.140. The van der Waals surface area contributed by atoms with Crippen molar-refractivity contribution >= 4 is 34.7 Å². The number of rotatable bonds is 9. The summed E-state index contributed by atoms with van der Waals surface area (Å²) in [6, 6.07) is 18.9. The number of halogens is 1. The molecule has 2 aromatic heterocycles. The van der Waals surface area contributed by atoms with Crippen LogP contribution in [0.5, 0.6) is 17.2 Å². The van der Waals surface area contributed by atoms with Crippen LogP contribution in [0.4, 0.5) is 0 Å². The molecule has 186 valence electrons. The molecular formula is C27H26IN3O5. The van der Waals surface area contributed by atoms with Crippen molar-refractivity contribution in [1.29, 1.82) is 0 Å². The number of amides is 1. The van der Waals surface area contributed by atoms with E-state index >= 15 is 0 Å². The number of hydrogen-bond donors (Lipinski definition) is 1. The Kier molecular flexibility index (Phi) is 7.99. The molecule has 2 aromatic carbocycles. The maximum Gasteiger partial charge on any atom is 0.307 e. The first-order valence-electron chi connectivity index (χ1n) is 11.1. The van der Waals surface area contributed by atoms with Gasteiger partial charge in [0.15, 0.2) is 17.3 Å². The van der Waals surface area contributed by atoms with Crippen LogP contribution >= 0.6 is 22.6 Å². The van der Waals surface area contributed by atoms with Crippen molar-refractivity contribution in [3.63, 3.8) is 0 Å². The summed E-state index contributed by atoms with van der Waals surface area (Å²) in [7, 11) is 3.15. The molecule has 0 spiro atoms. The van der Waals surface area contributed by atoms with Crippen LogP contribution in [0.15, 0.2) is 70.2 Å². The third kappa shape index (κ3) is 5.73. The van der Waals surface area contributed by atoms with Crippen LogP contribution in [0.1, 0.15) is 33.3 Å². The maximum absolute atomic E-state index is 12.4. The lowest BCUT2D eigenvalue weighted by atomic mass is 10.2. The third-order valence-electron chi connectivity index (χ3n) is 5.47. The highest BCUT2D eigenvalue weighted by Crippen LogP contribution is 2.33. The summed E-state index contributed by atoms with van der Waals surface area (Å²) >= 11 is 2.15. The highest BCUT2D eigenvalue weighted by Gasteiger charge is 2.12. The average Bonchev–Trinajstić information content (AvgIpc) is 3.49. The number of aromatic nitrogens is 1. The summed E-state index contributed by atoms with van der Waals surface area (Å²) in [5.41, 5.74) is 6.63. The summed E-state index contributed by atoms with van der Waals surface area (Å²) in [5, 5.41) is 4.02. The van der Waals surface area contributed by atoms with E-state index in [0.717, 1.165) is 14.8 Å². The first kappa shape index (κ1) is 25.4. The van der Waals surface area contributed by atoms with Gasteiger partial charge in [0.05, 0.1) is 24.0 Å². The van der Waals surface area contributed by atoms with E-state index < -0.39 is 5.91 Å². The van der Waals surface area contributed by atoms with Gasteiger partial charge in [-0.25, -0.2) is 5.43 Å². The fourth-order valence-corrected chi connectivity index (χ4v) is 4.58. The van der Waals surface area contributed by atoms with Crippen LogP contribution in [0.3, 0.4) is 0 Å². The van der Waals surface area contributed by atoms with Gasteiger partial charge in [0.2, 0.25) is 0 Å². The second-order valence-electron chi connectivity index (χ2n) is 7.94. The van der Waals surface area contributed by atoms with Crippen LogP contribution in [0, 0.1) is 17.4 Å². The van der Waals surface area contributed by atoms with Gasteiger partial charge in [-0.2, -0.15) is 5.10 Å². The lowest BCUT2D eigenvalue weighted by Gasteiger charge is -2.10. The molecule has 4 aromatic rings. The van der Waals surface area contributed by atoms with E-state index in [1.807, 2.05) is 30.3 Å². The summed E-state index contributed by atoms with van der Waals surface area (Å²) in [6.07, 6.45) is 1.52. The van der Waals surface area contributed by atoms with E-state index in [1.165, 1.54) is 17.6 Å². The molecule has 0 aliphatic heterocycles. The summed E-state index contributed by atoms with van der Waals surface area (Å²) < 4.78 is 25.1. The summed E-state index contributed by atoms with van der Waals surface area (Å²) in [6.45, 7) is 4.34. The van der Waals surface area contributed by atoms with Gasteiger partial charge >= 0.3 is 5.91 Å². The van der Waals surface area contributed by atoms with Crippen molar-refractivity contribution in [2.45, 2.75) is 20.5 Å². The van der Waals surface area contributed by atoms with Gasteiger partial charge in [-0.1, -0.05) is 0 Å². The standard InChI is InChI=1S/C27H26IN3O5/c1-17-5-6-18(2)31(17)20-7-9-21(10-8-20)35-16-22-11-12-24(36-22)27(32)30-29-15-19-13-23(28)26(34-4)25(14-19)33-3/h5-15H,16H2,1-4H3,(H,30,32)/b29-15+. The normalized spacial score (nSPS) is 11.0. The molecule has 0 saturated heterocycles. The zero-order chi connectivity index (χ0) is 25.7. The number of furan rings is 1.